The van der Waals surface area contributed by atoms with E-state index in [1.807, 2.05) is 12.1 Å². The van der Waals surface area contributed by atoms with Gasteiger partial charge in [0.15, 0.2) is 11.5 Å². The summed E-state index contributed by atoms with van der Waals surface area (Å²) in [6.07, 6.45) is 3.05. The molecule has 0 atom stereocenters. The van der Waals surface area contributed by atoms with E-state index in [0.29, 0.717) is 41.0 Å². The lowest BCUT2D eigenvalue weighted by atomic mass is 10.1. The number of carbonyl (C=O) groups is 2. The van der Waals surface area contributed by atoms with E-state index < -0.39 is 0 Å². The normalized spacial score (nSPS) is 12.7. The Morgan fingerprint density at radius 1 is 1.07 bits per heavy atom. The molecule has 3 rings (SSSR count). The van der Waals surface area contributed by atoms with Gasteiger partial charge in [0.25, 0.3) is 5.91 Å². The zero-order chi connectivity index (χ0) is 19.4. The molecule has 0 unspecified atom stereocenters. The fourth-order valence-corrected chi connectivity index (χ4v) is 2.69. The van der Waals surface area contributed by atoms with Gasteiger partial charge in [-0.05, 0) is 42.0 Å². The van der Waals surface area contributed by atoms with Gasteiger partial charge in [0.1, 0.15) is 13.2 Å². The summed E-state index contributed by atoms with van der Waals surface area (Å²) in [5.41, 5.74) is 1.62. The van der Waals surface area contributed by atoms with Crippen molar-refractivity contribution in [3.8, 4) is 11.5 Å². The van der Waals surface area contributed by atoms with E-state index in [1.165, 1.54) is 11.0 Å². The molecule has 2 aromatic rings. The summed E-state index contributed by atoms with van der Waals surface area (Å²) in [5, 5.41) is 3.05. The molecule has 1 aliphatic heterocycles. The van der Waals surface area contributed by atoms with Gasteiger partial charge in [0, 0.05) is 25.7 Å². The molecule has 1 aliphatic rings. The Morgan fingerprint density at radius 2 is 1.81 bits per heavy atom. The number of carbonyl (C=O) groups excluding carboxylic acids is 2. The minimum absolute atomic E-state index is 0.172. The summed E-state index contributed by atoms with van der Waals surface area (Å²) in [6.45, 7) is 1.03. The van der Waals surface area contributed by atoms with Crippen molar-refractivity contribution >= 4 is 35.2 Å². The van der Waals surface area contributed by atoms with Crippen LogP contribution in [0.3, 0.4) is 0 Å². The Balaban J connectivity index is 1.71. The number of halogens is 1. The number of rotatable bonds is 4. The predicted octanol–water partition coefficient (Wildman–Crippen LogP) is 3.46. The lowest BCUT2D eigenvalue weighted by molar-refractivity contribution is -0.111. The average molecular weight is 387 g/mol. The highest BCUT2D eigenvalue weighted by molar-refractivity contribution is 6.34. The first-order valence-corrected chi connectivity index (χ1v) is 8.72. The van der Waals surface area contributed by atoms with Crippen LogP contribution >= 0.6 is 11.6 Å². The van der Waals surface area contributed by atoms with Gasteiger partial charge < -0.3 is 19.7 Å². The quantitative estimate of drug-likeness (QED) is 0.817. The molecular weight excluding hydrogens is 368 g/mol. The van der Waals surface area contributed by atoms with E-state index >= 15 is 0 Å². The number of benzene rings is 2. The van der Waals surface area contributed by atoms with E-state index in [2.05, 4.69) is 5.32 Å². The highest BCUT2D eigenvalue weighted by atomic mass is 35.5. The fourth-order valence-electron chi connectivity index (χ4n) is 2.52. The van der Waals surface area contributed by atoms with E-state index in [9.17, 15) is 9.59 Å². The van der Waals surface area contributed by atoms with Crippen LogP contribution < -0.4 is 14.8 Å². The topological polar surface area (TPSA) is 67.9 Å². The summed E-state index contributed by atoms with van der Waals surface area (Å²) in [6, 6.07) is 10.2. The van der Waals surface area contributed by atoms with Crippen LogP contribution in [0.25, 0.3) is 6.08 Å². The Kier molecular flexibility index (Phi) is 5.66. The van der Waals surface area contributed by atoms with Crippen LogP contribution in [0, 0.1) is 0 Å². The van der Waals surface area contributed by atoms with Gasteiger partial charge in [-0.2, -0.15) is 0 Å². The maximum Gasteiger partial charge on any atom is 0.253 e. The van der Waals surface area contributed by atoms with Crippen LogP contribution in [-0.4, -0.2) is 44.0 Å². The molecule has 2 amide bonds. The van der Waals surface area contributed by atoms with Crippen molar-refractivity contribution in [2.45, 2.75) is 0 Å². The highest BCUT2D eigenvalue weighted by Crippen LogP contribution is 2.31. The van der Waals surface area contributed by atoms with E-state index in [-0.39, 0.29) is 11.8 Å². The molecule has 0 saturated carbocycles. The number of hydrogen-bond acceptors (Lipinski definition) is 4. The second kappa shape index (κ2) is 8.14. The second-order valence-corrected chi connectivity index (χ2v) is 6.53. The van der Waals surface area contributed by atoms with Gasteiger partial charge in [0.05, 0.1) is 10.7 Å². The molecular formula is C20H19ClN2O4. The van der Waals surface area contributed by atoms with Crippen molar-refractivity contribution in [1.82, 2.24) is 4.90 Å². The third kappa shape index (κ3) is 4.60. The Bertz CT molecular complexity index is 909. The zero-order valence-electron chi connectivity index (χ0n) is 15.0. The molecule has 140 valence electrons. The third-order valence-electron chi connectivity index (χ3n) is 3.87. The molecule has 1 heterocycles. The van der Waals surface area contributed by atoms with Gasteiger partial charge in [-0.15, -0.1) is 0 Å². The highest BCUT2D eigenvalue weighted by Gasteiger charge is 2.13. The maximum atomic E-state index is 12.2. The van der Waals surface area contributed by atoms with Crippen LogP contribution in [-0.2, 0) is 4.79 Å². The summed E-state index contributed by atoms with van der Waals surface area (Å²) in [5.74, 6) is 0.814. The van der Waals surface area contributed by atoms with Crippen LogP contribution in [0.1, 0.15) is 15.9 Å². The summed E-state index contributed by atoms with van der Waals surface area (Å²) < 4.78 is 11.0. The van der Waals surface area contributed by atoms with Crippen molar-refractivity contribution in [2.75, 3.05) is 32.6 Å². The number of hydrogen-bond donors (Lipinski definition) is 1. The minimum atomic E-state index is -0.360. The number of fused-ring (bicyclic) bond motifs is 1. The molecule has 0 radical (unpaired) electrons. The van der Waals surface area contributed by atoms with Crippen LogP contribution in [0.2, 0.25) is 5.02 Å². The molecule has 6 nitrogen and oxygen atoms in total. The molecule has 0 bridgehead atoms. The average Bonchev–Trinajstić information content (AvgIpc) is 2.67. The van der Waals surface area contributed by atoms with Gasteiger partial charge in [-0.3, -0.25) is 9.59 Å². The fraction of sp³-hybridized carbons (Fsp3) is 0.200. The van der Waals surface area contributed by atoms with Gasteiger partial charge in [-0.1, -0.05) is 17.7 Å². The van der Waals surface area contributed by atoms with Crippen LogP contribution in [0.15, 0.2) is 42.5 Å². The predicted molar refractivity (Wildman–Crippen MR) is 105 cm³/mol. The molecule has 0 aromatic heterocycles. The van der Waals surface area contributed by atoms with Crippen molar-refractivity contribution in [3.05, 3.63) is 58.6 Å². The number of amides is 2. The van der Waals surface area contributed by atoms with Crippen molar-refractivity contribution in [2.24, 2.45) is 0 Å². The molecule has 1 N–H and O–H groups in total. The van der Waals surface area contributed by atoms with Crippen LogP contribution in [0.5, 0.6) is 11.5 Å². The lowest BCUT2D eigenvalue weighted by Crippen LogP contribution is -2.21. The zero-order valence-corrected chi connectivity index (χ0v) is 15.7. The summed E-state index contributed by atoms with van der Waals surface area (Å²) >= 11 is 6.13. The molecule has 27 heavy (non-hydrogen) atoms. The smallest absolute Gasteiger partial charge is 0.253 e. The monoisotopic (exact) mass is 386 g/mol. The largest absolute Gasteiger partial charge is 0.486 e. The van der Waals surface area contributed by atoms with Gasteiger partial charge in [-0.25, -0.2) is 0 Å². The van der Waals surface area contributed by atoms with Crippen molar-refractivity contribution in [1.29, 1.82) is 0 Å². The molecule has 0 aliphatic carbocycles. The van der Waals surface area contributed by atoms with Crippen molar-refractivity contribution in [3.63, 3.8) is 0 Å². The first-order chi connectivity index (χ1) is 12.9. The minimum Gasteiger partial charge on any atom is -0.486 e. The maximum absolute atomic E-state index is 12.2. The molecule has 0 saturated heterocycles. The first-order valence-electron chi connectivity index (χ1n) is 8.34. The van der Waals surface area contributed by atoms with E-state index in [0.717, 1.165) is 5.56 Å². The molecule has 2 aromatic carbocycles. The second-order valence-electron chi connectivity index (χ2n) is 6.12. The Labute approximate surface area is 162 Å². The molecule has 0 fully saturated rings. The van der Waals surface area contributed by atoms with Crippen molar-refractivity contribution < 1.29 is 19.1 Å². The number of nitrogens with zero attached hydrogens (tertiary/aromatic N) is 1. The molecule has 0 spiro atoms. The summed E-state index contributed by atoms with van der Waals surface area (Å²) in [4.78, 5) is 25.7. The number of ether oxygens (including phenoxy) is 2. The van der Waals surface area contributed by atoms with Gasteiger partial charge >= 0.3 is 0 Å². The lowest BCUT2D eigenvalue weighted by Gasteiger charge is -2.18. The Morgan fingerprint density at radius 3 is 2.56 bits per heavy atom. The SMILES string of the molecule is CN(C)C(=O)c1ccc(Cl)c(NC(=O)/C=C/c2ccc3c(c2)OCCO3)c1. The summed E-state index contributed by atoms with van der Waals surface area (Å²) in [7, 11) is 3.32. The first kappa shape index (κ1) is 18.8. The Hall–Kier alpha value is -2.99. The van der Waals surface area contributed by atoms with Crippen LogP contribution in [0.4, 0.5) is 5.69 Å². The van der Waals surface area contributed by atoms with E-state index in [1.54, 1.807) is 44.4 Å². The van der Waals surface area contributed by atoms with E-state index in [4.69, 9.17) is 21.1 Å². The number of nitrogens with one attached hydrogen (secondary N) is 1. The third-order valence-corrected chi connectivity index (χ3v) is 4.20. The number of anilines is 1. The molecule has 7 heteroatoms. The van der Waals surface area contributed by atoms with Gasteiger partial charge in [0.2, 0.25) is 5.91 Å². The standard InChI is InChI=1S/C20H19ClN2O4/c1-23(2)20(25)14-5-6-15(21)16(12-14)22-19(24)8-4-13-3-7-17-18(11-13)27-10-9-26-17/h3-8,11-12H,9-10H2,1-2H3,(H,22,24)/b8-4+.